The molecule has 1 aliphatic carbocycles. The number of hydrogen-bond donors (Lipinski definition) is 1. The molecular formula is C20H17Cl2FO4. The van der Waals surface area contributed by atoms with E-state index in [0.29, 0.717) is 35.3 Å². The zero-order chi connectivity index (χ0) is 19.8. The fourth-order valence-electron chi connectivity index (χ4n) is 3.34. The average molecular weight is 411 g/mol. The smallest absolute Gasteiger partial charge is 0.303 e. The third kappa shape index (κ3) is 3.66. The number of aliphatic carboxylic acids is 1. The lowest BCUT2D eigenvalue weighted by Crippen LogP contribution is -2.29. The molecule has 2 aromatic carbocycles. The van der Waals surface area contributed by atoms with Crippen LogP contribution in [0.3, 0.4) is 0 Å². The van der Waals surface area contributed by atoms with Gasteiger partial charge in [0.15, 0.2) is 5.78 Å². The van der Waals surface area contributed by atoms with Crippen molar-refractivity contribution >= 4 is 35.0 Å². The summed E-state index contributed by atoms with van der Waals surface area (Å²) in [4.78, 5) is 23.7. The largest absolute Gasteiger partial charge is 0.492 e. The highest BCUT2D eigenvalue weighted by Gasteiger charge is 2.45. The highest BCUT2D eigenvalue weighted by atomic mass is 35.5. The van der Waals surface area contributed by atoms with Gasteiger partial charge in [0.2, 0.25) is 0 Å². The van der Waals surface area contributed by atoms with Crippen LogP contribution in [0.5, 0.6) is 5.75 Å². The summed E-state index contributed by atoms with van der Waals surface area (Å²) in [6.07, 6.45) is 0.694. The molecule has 0 unspecified atom stereocenters. The quantitative estimate of drug-likeness (QED) is 0.674. The van der Waals surface area contributed by atoms with Crippen LogP contribution in [0, 0.1) is 5.82 Å². The van der Waals surface area contributed by atoms with Gasteiger partial charge in [-0.05, 0) is 49.1 Å². The molecule has 142 valence electrons. The minimum Gasteiger partial charge on any atom is -0.492 e. The number of carboxylic acids is 1. The maximum atomic E-state index is 13.2. The zero-order valence-electron chi connectivity index (χ0n) is 14.5. The molecular weight excluding hydrogens is 394 g/mol. The Balaban J connectivity index is 1.90. The van der Waals surface area contributed by atoms with Crippen LogP contribution in [0.4, 0.5) is 4.39 Å². The molecule has 0 heterocycles. The molecule has 0 fully saturated rings. The van der Waals surface area contributed by atoms with Crippen LogP contribution in [-0.2, 0) is 16.6 Å². The van der Waals surface area contributed by atoms with Crippen molar-refractivity contribution in [1.29, 1.82) is 0 Å². The van der Waals surface area contributed by atoms with Crippen molar-refractivity contribution in [3.63, 3.8) is 0 Å². The first kappa shape index (κ1) is 19.6. The lowest BCUT2D eigenvalue weighted by molar-refractivity contribution is -0.137. The van der Waals surface area contributed by atoms with E-state index in [0.717, 1.165) is 0 Å². The fraction of sp³-hybridized carbons (Fsp3) is 0.300. The Morgan fingerprint density at radius 1 is 1.26 bits per heavy atom. The van der Waals surface area contributed by atoms with E-state index in [1.54, 1.807) is 25.1 Å². The minimum absolute atomic E-state index is 0.0165. The highest BCUT2D eigenvalue weighted by molar-refractivity contribution is 6.45. The van der Waals surface area contributed by atoms with Gasteiger partial charge in [-0.2, -0.15) is 0 Å². The van der Waals surface area contributed by atoms with Crippen molar-refractivity contribution in [3.05, 3.63) is 62.9 Å². The molecule has 4 nitrogen and oxygen atoms in total. The molecule has 27 heavy (non-hydrogen) atoms. The maximum Gasteiger partial charge on any atom is 0.303 e. The number of carbonyl (C=O) groups is 2. The Bertz CT molecular complexity index is 911. The number of ketones is 1. The lowest BCUT2D eigenvalue weighted by atomic mass is 9.79. The van der Waals surface area contributed by atoms with Crippen molar-refractivity contribution < 1.29 is 23.8 Å². The van der Waals surface area contributed by atoms with Gasteiger partial charge in [0.25, 0.3) is 0 Å². The fourth-order valence-corrected chi connectivity index (χ4v) is 3.84. The van der Waals surface area contributed by atoms with E-state index < -0.39 is 11.4 Å². The van der Waals surface area contributed by atoms with Gasteiger partial charge in [-0.3, -0.25) is 9.59 Å². The van der Waals surface area contributed by atoms with E-state index in [1.165, 1.54) is 12.1 Å². The van der Waals surface area contributed by atoms with Gasteiger partial charge in [0.05, 0.1) is 17.0 Å². The number of carboxylic acid groups (broad SMARTS) is 1. The van der Waals surface area contributed by atoms with Crippen molar-refractivity contribution in [2.75, 3.05) is 6.61 Å². The van der Waals surface area contributed by atoms with Crippen LogP contribution >= 0.6 is 23.2 Å². The standard InChI is InChI=1S/C20H17Cl2FO4/c1-20(12-4-6-13(23)7-5-12)10-11-9-14(27-8-2-3-15(24)25)17(21)18(22)16(11)19(20)26/h4-7,9H,2-3,8,10H2,1H3,(H,24,25)/t20-/m0/s1. The lowest BCUT2D eigenvalue weighted by Gasteiger charge is -2.22. The first-order chi connectivity index (χ1) is 12.7. The van der Waals surface area contributed by atoms with Crippen LogP contribution in [-0.4, -0.2) is 23.5 Å². The maximum absolute atomic E-state index is 13.2. The third-order valence-electron chi connectivity index (χ3n) is 4.80. The number of benzene rings is 2. The van der Waals surface area contributed by atoms with Gasteiger partial charge < -0.3 is 9.84 Å². The van der Waals surface area contributed by atoms with Crippen molar-refractivity contribution in [2.24, 2.45) is 0 Å². The van der Waals surface area contributed by atoms with Gasteiger partial charge in [-0.25, -0.2) is 4.39 Å². The molecule has 0 radical (unpaired) electrons. The molecule has 0 amide bonds. The number of rotatable bonds is 6. The van der Waals surface area contributed by atoms with Crippen molar-refractivity contribution in [1.82, 2.24) is 0 Å². The van der Waals surface area contributed by atoms with Crippen LogP contribution in [0.25, 0.3) is 0 Å². The van der Waals surface area contributed by atoms with E-state index in [-0.39, 0.29) is 34.7 Å². The summed E-state index contributed by atoms with van der Waals surface area (Å²) < 4.78 is 18.8. The molecule has 3 rings (SSSR count). The Kier molecular flexibility index (Phi) is 5.45. The second-order valence-corrected chi connectivity index (χ2v) is 7.48. The summed E-state index contributed by atoms with van der Waals surface area (Å²) in [6.45, 7) is 1.96. The minimum atomic E-state index is -0.905. The molecule has 0 saturated heterocycles. The van der Waals surface area contributed by atoms with Crippen LogP contribution in [0.2, 0.25) is 10.0 Å². The van der Waals surface area contributed by atoms with E-state index in [1.807, 2.05) is 0 Å². The number of ether oxygens (including phenoxy) is 1. The molecule has 0 saturated carbocycles. The van der Waals surface area contributed by atoms with Gasteiger partial charge >= 0.3 is 5.97 Å². The Morgan fingerprint density at radius 3 is 2.56 bits per heavy atom. The summed E-state index contributed by atoms with van der Waals surface area (Å²) in [5, 5.41) is 8.94. The summed E-state index contributed by atoms with van der Waals surface area (Å²) in [5.41, 5.74) is 0.882. The third-order valence-corrected chi connectivity index (χ3v) is 5.65. The monoisotopic (exact) mass is 410 g/mol. The zero-order valence-corrected chi connectivity index (χ0v) is 16.0. The Labute approximate surface area is 165 Å². The number of hydrogen-bond acceptors (Lipinski definition) is 3. The van der Waals surface area contributed by atoms with E-state index >= 15 is 0 Å². The summed E-state index contributed by atoms with van der Waals surface area (Å²) in [6, 6.07) is 7.51. The second-order valence-electron chi connectivity index (χ2n) is 6.73. The predicted molar refractivity (Wildman–Crippen MR) is 101 cm³/mol. The predicted octanol–water partition coefficient (Wildman–Crippen LogP) is 5.07. The van der Waals surface area contributed by atoms with Gasteiger partial charge in [-0.15, -0.1) is 0 Å². The molecule has 0 aromatic heterocycles. The summed E-state index contributed by atoms with van der Waals surface area (Å²) >= 11 is 12.6. The molecule has 2 aromatic rings. The number of halogens is 3. The molecule has 0 aliphatic heterocycles. The van der Waals surface area contributed by atoms with E-state index in [9.17, 15) is 14.0 Å². The number of Topliss-reactive ketones (excluding diaryl/α,β-unsaturated/α-hetero) is 1. The van der Waals surface area contributed by atoms with E-state index in [4.69, 9.17) is 33.0 Å². The SMILES string of the molecule is C[C@@]1(c2ccc(F)cc2)Cc2cc(OCCCC(=O)O)c(Cl)c(Cl)c2C1=O. The number of fused-ring (bicyclic) bond motifs is 1. The topological polar surface area (TPSA) is 63.6 Å². The molecule has 1 N–H and O–H groups in total. The van der Waals surface area contributed by atoms with Gasteiger partial charge in [0.1, 0.15) is 16.6 Å². The van der Waals surface area contributed by atoms with Gasteiger partial charge in [-0.1, -0.05) is 35.3 Å². The van der Waals surface area contributed by atoms with E-state index in [2.05, 4.69) is 0 Å². The van der Waals surface area contributed by atoms with Crippen molar-refractivity contribution in [2.45, 2.75) is 31.6 Å². The van der Waals surface area contributed by atoms with Crippen molar-refractivity contribution in [3.8, 4) is 5.75 Å². The normalized spacial score (nSPS) is 18.4. The van der Waals surface area contributed by atoms with Gasteiger partial charge in [0, 0.05) is 12.0 Å². The molecule has 7 heteroatoms. The molecule has 0 spiro atoms. The van der Waals surface area contributed by atoms with Crippen LogP contribution in [0.1, 0.15) is 41.3 Å². The summed E-state index contributed by atoms with van der Waals surface area (Å²) in [7, 11) is 0. The Hall–Kier alpha value is -2.11. The van der Waals surface area contributed by atoms with Crippen LogP contribution in [0.15, 0.2) is 30.3 Å². The average Bonchev–Trinajstić information content (AvgIpc) is 2.88. The molecule has 0 bridgehead atoms. The Morgan fingerprint density at radius 2 is 1.93 bits per heavy atom. The second kappa shape index (κ2) is 7.49. The molecule has 1 atom stereocenters. The molecule has 1 aliphatic rings. The first-order valence-corrected chi connectivity index (χ1v) is 9.16. The summed E-state index contributed by atoms with van der Waals surface area (Å²) in [5.74, 6) is -1.13. The highest BCUT2D eigenvalue weighted by Crippen LogP contribution is 2.47. The number of carbonyl (C=O) groups excluding carboxylic acids is 1. The van der Waals surface area contributed by atoms with Crippen LogP contribution < -0.4 is 4.74 Å². The first-order valence-electron chi connectivity index (χ1n) is 8.40.